The summed E-state index contributed by atoms with van der Waals surface area (Å²) in [6.07, 6.45) is 3.79. The molecule has 2 saturated heterocycles. The number of hydrogen-bond acceptors (Lipinski definition) is 8. The molecule has 222 valence electrons. The highest BCUT2D eigenvalue weighted by Crippen LogP contribution is 2.42. The Morgan fingerprint density at radius 3 is 2.39 bits per heavy atom. The minimum Gasteiger partial charge on any atom is -0.507 e. The van der Waals surface area contributed by atoms with Gasteiger partial charge in [-0.1, -0.05) is 25.8 Å². The molecule has 1 N–H and O–H groups in total. The van der Waals surface area contributed by atoms with Crippen molar-refractivity contribution >= 4 is 17.4 Å². The molecule has 0 radical (unpaired) electrons. The number of unbranched alkanes of at least 4 members (excludes halogenated alkanes) is 2. The van der Waals surface area contributed by atoms with Crippen molar-refractivity contribution in [3.8, 4) is 17.2 Å². The van der Waals surface area contributed by atoms with E-state index in [1.165, 1.54) is 0 Å². The summed E-state index contributed by atoms with van der Waals surface area (Å²) < 4.78 is 22.6. The Morgan fingerprint density at radius 2 is 1.71 bits per heavy atom. The smallest absolute Gasteiger partial charge is 0.295 e. The quantitative estimate of drug-likeness (QED) is 0.151. The van der Waals surface area contributed by atoms with Crippen LogP contribution in [-0.2, 0) is 14.3 Å². The largest absolute Gasteiger partial charge is 0.507 e. The van der Waals surface area contributed by atoms with Crippen molar-refractivity contribution in [2.75, 3.05) is 59.7 Å². The van der Waals surface area contributed by atoms with Gasteiger partial charge in [0.1, 0.15) is 11.5 Å². The van der Waals surface area contributed by atoms with Crippen LogP contribution in [0.3, 0.4) is 0 Å². The molecule has 0 aromatic heterocycles. The number of nitrogens with zero attached hydrogens (tertiary/aromatic N) is 2. The van der Waals surface area contributed by atoms with Crippen LogP contribution >= 0.6 is 0 Å². The number of carbonyl (C=O) groups excluding carboxylic acids is 2. The van der Waals surface area contributed by atoms with Gasteiger partial charge in [-0.25, -0.2) is 0 Å². The second kappa shape index (κ2) is 14.9. The summed E-state index contributed by atoms with van der Waals surface area (Å²) in [6, 6.07) is 11.5. The number of Topliss-reactive ketones (excluding diaryl/α,β-unsaturated/α-hetero) is 1. The van der Waals surface area contributed by atoms with Crippen LogP contribution in [0.5, 0.6) is 17.2 Å². The first-order valence-electron chi connectivity index (χ1n) is 14.6. The SMILES string of the molecule is CCCCCOc1ccc(C2/C(=C(\O)c3ccc(OC)cc3)C(=O)C(=O)N2CCCN2CCOCC2)cc1OCC. The molecular weight excluding hydrogens is 524 g/mol. The Hall–Kier alpha value is -3.56. The van der Waals surface area contributed by atoms with Crippen LogP contribution in [0.15, 0.2) is 48.0 Å². The molecule has 2 heterocycles. The van der Waals surface area contributed by atoms with Crippen molar-refractivity contribution in [2.24, 2.45) is 0 Å². The average Bonchev–Trinajstić information content (AvgIpc) is 3.25. The first-order valence-corrected chi connectivity index (χ1v) is 14.6. The molecule has 1 atom stereocenters. The molecule has 9 nitrogen and oxygen atoms in total. The zero-order chi connectivity index (χ0) is 29.2. The molecule has 41 heavy (non-hydrogen) atoms. The van der Waals surface area contributed by atoms with E-state index in [0.717, 1.165) is 38.9 Å². The van der Waals surface area contributed by atoms with Gasteiger partial charge >= 0.3 is 0 Å². The summed E-state index contributed by atoms with van der Waals surface area (Å²) >= 11 is 0. The second-order valence-electron chi connectivity index (χ2n) is 10.2. The fourth-order valence-electron chi connectivity index (χ4n) is 5.27. The molecule has 2 fully saturated rings. The molecule has 1 amide bonds. The highest BCUT2D eigenvalue weighted by atomic mass is 16.5. The number of hydrogen-bond donors (Lipinski definition) is 1. The Labute approximate surface area is 242 Å². The number of aliphatic hydroxyl groups is 1. The summed E-state index contributed by atoms with van der Waals surface area (Å²) in [7, 11) is 1.56. The number of morpholine rings is 1. The number of benzene rings is 2. The first-order chi connectivity index (χ1) is 20.0. The van der Waals surface area contributed by atoms with Crippen LogP contribution < -0.4 is 14.2 Å². The number of rotatable bonds is 14. The fourth-order valence-corrected chi connectivity index (χ4v) is 5.27. The molecule has 2 aromatic carbocycles. The van der Waals surface area contributed by atoms with Crippen LogP contribution in [0.4, 0.5) is 0 Å². The molecule has 2 aliphatic heterocycles. The van der Waals surface area contributed by atoms with E-state index in [1.54, 1.807) is 36.3 Å². The average molecular weight is 567 g/mol. The van der Waals surface area contributed by atoms with Gasteiger partial charge in [-0.3, -0.25) is 14.5 Å². The number of ketones is 1. The van der Waals surface area contributed by atoms with Gasteiger partial charge in [0.05, 0.1) is 45.2 Å². The van der Waals surface area contributed by atoms with Crippen LogP contribution in [0.25, 0.3) is 5.76 Å². The summed E-state index contributed by atoms with van der Waals surface area (Å²) in [4.78, 5) is 30.8. The van der Waals surface area contributed by atoms with Gasteiger partial charge in [-0.15, -0.1) is 0 Å². The zero-order valence-corrected chi connectivity index (χ0v) is 24.4. The van der Waals surface area contributed by atoms with E-state index in [9.17, 15) is 14.7 Å². The number of amides is 1. The normalized spacial score (nSPS) is 19.0. The van der Waals surface area contributed by atoms with Crippen molar-refractivity contribution in [3.63, 3.8) is 0 Å². The van der Waals surface area contributed by atoms with E-state index in [0.29, 0.717) is 67.8 Å². The number of methoxy groups -OCH3 is 1. The third kappa shape index (κ3) is 7.40. The third-order valence-electron chi connectivity index (χ3n) is 7.47. The lowest BCUT2D eigenvalue weighted by molar-refractivity contribution is -0.140. The van der Waals surface area contributed by atoms with E-state index >= 15 is 0 Å². The van der Waals surface area contributed by atoms with Gasteiger partial charge in [-0.05, 0) is 61.7 Å². The predicted molar refractivity (Wildman–Crippen MR) is 157 cm³/mol. The monoisotopic (exact) mass is 566 g/mol. The summed E-state index contributed by atoms with van der Waals surface area (Å²) in [5.74, 6) is 0.246. The highest BCUT2D eigenvalue weighted by molar-refractivity contribution is 6.46. The van der Waals surface area contributed by atoms with E-state index in [-0.39, 0.29) is 11.3 Å². The maximum absolute atomic E-state index is 13.5. The molecule has 4 rings (SSSR count). The highest BCUT2D eigenvalue weighted by Gasteiger charge is 2.46. The fraction of sp³-hybridized carbons (Fsp3) is 0.500. The standard InChI is InChI=1S/C32H42N2O7/c1-4-6-7-19-41-26-14-11-24(22-27(26)40-5-2)29-28(30(35)23-9-12-25(38-3)13-10-23)31(36)32(37)34(29)16-8-15-33-17-20-39-21-18-33/h9-14,22,29,35H,4-8,15-21H2,1-3H3/b30-28+. The molecule has 0 aliphatic carbocycles. The minimum atomic E-state index is -0.768. The van der Waals surface area contributed by atoms with Crippen molar-refractivity contribution < 1.29 is 33.6 Å². The van der Waals surface area contributed by atoms with Crippen molar-refractivity contribution in [3.05, 3.63) is 59.2 Å². The van der Waals surface area contributed by atoms with E-state index in [4.69, 9.17) is 18.9 Å². The molecule has 9 heteroatoms. The second-order valence-corrected chi connectivity index (χ2v) is 10.2. The lowest BCUT2D eigenvalue weighted by Crippen LogP contribution is -2.39. The Bertz CT molecular complexity index is 1210. The zero-order valence-electron chi connectivity index (χ0n) is 24.4. The molecule has 0 spiro atoms. The minimum absolute atomic E-state index is 0.0607. The van der Waals surface area contributed by atoms with E-state index in [2.05, 4.69) is 11.8 Å². The van der Waals surface area contributed by atoms with Crippen molar-refractivity contribution in [2.45, 2.75) is 45.6 Å². The van der Waals surface area contributed by atoms with Crippen LogP contribution in [0, 0.1) is 0 Å². The maximum atomic E-state index is 13.5. The van der Waals surface area contributed by atoms with Crippen LogP contribution in [0.1, 0.15) is 56.7 Å². The van der Waals surface area contributed by atoms with Crippen LogP contribution in [0.2, 0.25) is 0 Å². The predicted octanol–water partition coefficient (Wildman–Crippen LogP) is 4.81. The van der Waals surface area contributed by atoms with Gasteiger partial charge in [0, 0.05) is 31.7 Å². The van der Waals surface area contributed by atoms with Crippen LogP contribution in [-0.4, -0.2) is 86.3 Å². The van der Waals surface area contributed by atoms with Gasteiger partial charge in [0.15, 0.2) is 11.5 Å². The lowest BCUT2D eigenvalue weighted by atomic mass is 9.95. The maximum Gasteiger partial charge on any atom is 0.295 e. The van der Waals surface area contributed by atoms with Gasteiger partial charge in [0.25, 0.3) is 11.7 Å². The molecule has 0 bridgehead atoms. The van der Waals surface area contributed by atoms with Gasteiger partial charge < -0.3 is 29.0 Å². The summed E-state index contributed by atoms with van der Waals surface area (Å²) in [6.45, 7) is 9.27. The van der Waals surface area contributed by atoms with Gasteiger partial charge in [-0.2, -0.15) is 0 Å². The Balaban J connectivity index is 1.69. The Morgan fingerprint density at radius 1 is 0.951 bits per heavy atom. The number of ether oxygens (including phenoxy) is 4. The topological polar surface area (TPSA) is 97.8 Å². The number of carbonyl (C=O) groups is 2. The summed E-state index contributed by atoms with van der Waals surface area (Å²) in [5.41, 5.74) is 1.17. The lowest BCUT2D eigenvalue weighted by Gasteiger charge is -2.29. The molecule has 1 unspecified atom stereocenters. The molecular formula is C32H42N2O7. The first kappa shape index (κ1) is 30.4. The number of likely N-dealkylation sites (tertiary alicyclic amines) is 1. The van der Waals surface area contributed by atoms with E-state index < -0.39 is 17.7 Å². The number of aliphatic hydroxyl groups excluding tert-OH is 1. The van der Waals surface area contributed by atoms with Gasteiger partial charge in [0.2, 0.25) is 0 Å². The third-order valence-corrected chi connectivity index (χ3v) is 7.47. The molecule has 0 saturated carbocycles. The Kier molecular flexibility index (Phi) is 11.0. The van der Waals surface area contributed by atoms with E-state index in [1.807, 2.05) is 25.1 Å². The molecule has 2 aromatic rings. The summed E-state index contributed by atoms with van der Waals surface area (Å²) in [5, 5.41) is 11.4. The molecule has 2 aliphatic rings. The van der Waals surface area contributed by atoms with Crippen molar-refractivity contribution in [1.29, 1.82) is 0 Å². The van der Waals surface area contributed by atoms with Crippen molar-refractivity contribution in [1.82, 2.24) is 9.80 Å².